The second-order valence-electron chi connectivity index (χ2n) is 6.04. The van der Waals surface area contributed by atoms with E-state index in [1.54, 1.807) is 0 Å². The molecule has 2 aliphatic rings. The number of hydrogen-bond donors (Lipinski definition) is 2. The summed E-state index contributed by atoms with van der Waals surface area (Å²) in [6.07, 6.45) is 4.89. The number of hydrogen-bond acceptors (Lipinski definition) is 4. The topological polar surface area (TPSA) is 67.4 Å². The first-order chi connectivity index (χ1) is 9.51. The van der Waals surface area contributed by atoms with Gasteiger partial charge in [0.05, 0.1) is 10.9 Å². The van der Waals surface area contributed by atoms with Crippen LogP contribution >= 0.6 is 0 Å². The van der Waals surface area contributed by atoms with Crippen molar-refractivity contribution in [3.63, 3.8) is 0 Å². The van der Waals surface area contributed by atoms with E-state index < -0.39 is 10.0 Å². The molecule has 0 aromatic rings. The Morgan fingerprint density at radius 3 is 2.45 bits per heavy atom. The molecule has 0 aliphatic carbocycles. The molecule has 2 fully saturated rings. The van der Waals surface area contributed by atoms with E-state index in [-0.39, 0.29) is 16.9 Å². The van der Waals surface area contributed by atoms with Crippen molar-refractivity contribution in [2.75, 3.05) is 19.7 Å². The monoisotopic (exact) mass is 304 g/mol. The fraction of sp³-hybridized carbons (Fsp3) is 1.00. The van der Waals surface area contributed by atoms with Crippen LogP contribution in [0.3, 0.4) is 0 Å². The summed E-state index contributed by atoms with van der Waals surface area (Å²) < 4.78 is 33.8. The lowest BCUT2D eigenvalue weighted by Crippen LogP contribution is -2.51. The third kappa shape index (κ3) is 3.72. The molecule has 1 unspecified atom stereocenters. The Labute approximate surface area is 122 Å². The van der Waals surface area contributed by atoms with E-state index in [1.807, 2.05) is 0 Å². The molecule has 20 heavy (non-hydrogen) atoms. The summed E-state index contributed by atoms with van der Waals surface area (Å²) in [5, 5.41) is 2.98. The van der Waals surface area contributed by atoms with Gasteiger partial charge in [0.2, 0.25) is 10.0 Å². The van der Waals surface area contributed by atoms with Crippen LogP contribution in [0.15, 0.2) is 0 Å². The molecule has 1 atom stereocenters. The standard InChI is InChI=1S/C14H28N2O3S/c1-3-14(4-2)11-12(7-10-19-14)16-20(17,18)13-5-8-15-9-6-13/h12-13,15-16H,3-11H2,1-2H3. The quantitative estimate of drug-likeness (QED) is 0.805. The van der Waals surface area contributed by atoms with Crippen molar-refractivity contribution in [2.24, 2.45) is 0 Å². The molecule has 0 aromatic carbocycles. The molecule has 2 rings (SSSR count). The average molecular weight is 304 g/mol. The van der Waals surface area contributed by atoms with E-state index >= 15 is 0 Å². The Hall–Kier alpha value is -0.170. The SMILES string of the molecule is CCC1(CC)CC(NS(=O)(=O)C2CCNCC2)CCO1. The lowest BCUT2D eigenvalue weighted by molar-refractivity contribution is -0.0905. The molecule has 118 valence electrons. The summed E-state index contributed by atoms with van der Waals surface area (Å²) in [6.45, 7) is 6.49. The molecule has 2 saturated heterocycles. The summed E-state index contributed by atoms with van der Waals surface area (Å²) >= 11 is 0. The third-order valence-electron chi connectivity index (χ3n) is 4.84. The van der Waals surface area contributed by atoms with E-state index in [4.69, 9.17) is 4.74 Å². The minimum absolute atomic E-state index is 0.0311. The Balaban J connectivity index is 1.98. The lowest BCUT2D eigenvalue weighted by atomic mass is 9.86. The maximum atomic E-state index is 12.5. The zero-order chi connectivity index (χ0) is 14.6. The van der Waals surface area contributed by atoms with Crippen LogP contribution in [-0.2, 0) is 14.8 Å². The van der Waals surface area contributed by atoms with Crippen LogP contribution in [0.25, 0.3) is 0 Å². The third-order valence-corrected chi connectivity index (χ3v) is 6.85. The van der Waals surface area contributed by atoms with Gasteiger partial charge in [-0.1, -0.05) is 13.8 Å². The summed E-state index contributed by atoms with van der Waals surface area (Å²) in [5.74, 6) is 0. The van der Waals surface area contributed by atoms with E-state index in [9.17, 15) is 8.42 Å². The van der Waals surface area contributed by atoms with Crippen molar-refractivity contribution >= 4 is 10.0 Å². The minimum Gasteiger partial charge on any atom is -0.375 e. The molecule has 0 spiro atoms. The smallest absolute Gasteiger partial charge is 0.214 e. The van der Waals surface area contributed by atoms with Crippen molar-refractivity contribution in [1.82, 2.24) is 10.0 Å². The fourth-order valence-electron chi connectivity index (χ4n) is 3.31. The highest BCUT2D eigenvalue weighted by Gasteiger charge is 2.37. The largest absolute Gasteiger partial charge is 0.375 e. The highest BCUT2D eigenvalue weighted by Crippen LogP contribution is 2.32. The number of rotatable bonds is 5. The number of ether oxygens (including phenoxy) is 1. The van der Waals surface area contributed by atoms with E-state index in [0.717, 1.165) is 38.8 Å². The van der Waals surface area contributed by atoms with Gasteiger partial charge >= 0.3 is 0 Å². The first-order valence-corrected chi connectivity index (χ1v) is 9.42. The van der Waals surface area contributed by atoms with Gasteiger partial charge < -0.3 is 10.1 Å². The van der Waals surface area contributed by atoms with Crippen LogP contribution < -0.4 is 10.0 Å². The predicted octanol–water partition coefficient (Wildman–Crippen LogP) is 1.40. The molecule has 0 amide bonds. The second kappa shape index (κ2) is 6.73. The highest BCUT2D eigenvalue weighted by molar-refractivity contribution is 7.90. The zero-order valence-corrected chi connectivity index (χ0v) is 13.5. The molecule has 5 nitrogen and oxygen atoms in total. The van der Waals surface area contributed by atoms with Gasteiger partial charge in [-0.25, -0.2) is 13.1 Å². The first kappa shape index (κ1) is 16.2. The maximum absolute atomic E-state index is 12.5. The molecule has 6 heteroatoms. The Kier molecular flexibility index (Phi) is 5.45. The number of piperidine rings is 1. The van der Waals surface area contributed by atoms with Gasteiger partial charge in [-0.15, -0.1) is 0 Å². The van der Waals surface area contributed by atoms with Crippen LogP contribution in [0.1, 0.15) is 52.4 Å². The van der Waals surface area contributed by atoms with Crippen molar-refractivity contribution in [2.45, 2.75) is 69.3 Å². The molecular weight excluding hydrogens is 276 g/mol. The van der Waals surface area contributed by atoms with Crippen molar-refractivity contribution in [3.05, 3.63) is 0 Å². The fourth-order valence-corrected chi connectivity index (χ4v) is 5.02. The Morgan fingerprint density at radius 1 is 1.20 bits per heavy atom. The van der Waals surface area contributed by atoms with Gasteiger partial charge in [-0.3, -0.25) is 0 Å². The molecule has 0 saturated carbocycles. The van der Waals surface area contributed by atoms with Gasteiger partial charge in [0, 0.05) is 12.6 Å². The first-order valence-electron chi connectivity index (χ1n) is 7.87. The number of sulfonamides is 1. The van der Waals surface area contributed by atoms with Crippen LogP contribution in [0.5, 0.6) is 0 Å². The van der Waals surface area contributed by atoms with E-state index in [0.29, 0.717) is 19.4 Å². The summed E-state index contributed by atoms with van der Waals surface area (Å²) in [6, 6.07) is 0.0311. The summed E-state index contributed by atoms with van der Waals surface area (Å²) in [4.78, 5) is 0. The lowest BCUT2D eigenvalue weighted by Gasteiger charge is -2.40. The molecule has 2 N–H and O–H groups in total. The normalized spacial score (nSPS) is 28.4. The maximum Gasteiger partial charge on any atom is 0.214 e. The van der Waals surface area contributed by atoms with Crippen molar-refractivity contribution < 1.29 is 13.2 Å². The molecule has 0 aromatic heterocycles. The van der Waals surface area contributed by atoms with Gasteiger partial charge in [0.25, 0.3) is 0 Å². The van der Waals surface area contributed by atoms with Crippen LogP contribution in [0.2, 0.25) is 0 Å². The highest BCUT2D eigenvalue weighted by atomic mass is 32.2. The molecule has 0 bridgehead atoms. The Morgan fingerprint density at radius 2 is 1.85 bits per heavy atom. The van der Waals surface area contributed by atoms with E-state index in [1.165, 1.54) is 0 Å². The van der Waals surface area contributed by atoms with Crippen LogP contribution in [0.4, 0.5) is 0 Å². The van der Waals surface area contributed by atoms with E-state index in [2.05, 4.69) is 23.9 Å². The average Bonchev–Trinajstić information content (AvgIpc) is 2.48. The second-order valence-corrected chi connectivity index (χ2v) is 8.03. The zero-order valence-electron chi connectivity index (χ0n) is 12.7. The van der Waals surface area contributed by atoms with Gasteiger partial charge in [-0.2, -0.15) is 0 Å². The van der Waals surface area contributed by atoms with Gasteiger partial charge in [0.15, 0.2) is 0 Å². The van der Waals surface area contributed by atoms with Crippen molar-refractivity contribution in [1.29, 1.82) is 0 Å². The summed E-state index contributed by atoms with van der Waals surface area (Å²) in [7, 11) is -3.20. The van der Waals surface area contributed by atoms with Crippen LogP contribution in [-0.4, -0.2) is 45.0 Å². The Bertz CT molecular complexity index is 401. The van der Waals surface area contributed by atoms with Crippen molar-refractivity contribution in [3.8, 4) is 0 Å². The van der Waals surface area contributed by atoms with Gasteiger partial charge in [0.1, 0.15) is 0 Å². The van der Waals surface area contributed by atoms with Crippen LogP contribution in [0, 0.1) is 0 Å². The molecule has 2 aliphatic heterocycles. The minimum atomic E-state index is -3.20. The molecule has 2 heterocycles. The molecule has 0 radical (unpaired) electrons. The number of nitrogens with one attached hydrogen (secondary N) is 2. The molecular formula is C14H28N2O3S. The summed E-state index contributed by atoms with van der Waals surface area (Å²) in [5.41, 5.74) is -0.139. The predicted molar refractivity (Wildman–Crippen MR) is 80.2 cm³/mol. The van der Waals surface area contributed by atoms with Gasteiger partial charge in [-0.05, 0) is 51.6 Å².